The van der Waals surface area contributed by atoms with Crippen molar-refractivity contribution in [3.8, 4) is 0 Å². The zero-order valence-corrected chi connectivity index (χ0v) is 11.5. The lowest BCUT2D eigenvalue weighted by Gasteiger charge is -2.05. The van der Waals surface area contributed by atoms with Crippen molar-refractivity contribution in [1.29, 1.82) is 0 Å². The predicted octanol–water partition coefficient (Wildman–Crippen LogP) is 2.92. The van der Waals surface area contributed by atoms with Crippen LogP contribution in [0.5, 0.6) is 0 Å². The van der Waals surface area contributed by atoms with Gasteiger partial charge in [0.15, 0.2) is 5.16 Å². The molecule has 1 aromatic carbocycles. The van der Waals surface area contributed by atoms with Crippen LogP contribution in [0.4, 0.5) is 5.69 Å². The van der Waals surface area contributed by atoms with Crippen LogP contribution in [0.2, 0.25) is 0 Å². The van der Waals surface area contributed by atoms with Gasteiger partial charge in [-0.25, -0.2) is 4.98 Å². The van der Waals surface area contributed by atoms with E-state index in [2.05, 4.69) is 10.3 Å². The van der Waals surface area contributed by atoms with Crippen LogP contribution in [0.3, 0.4) is 0 Å². The molecule has 2 aromatic rings. The molecule has 19 heavy (non-hydrogen) atoms. The first-order valence-electron chi connectivity index (χ1n) is 6.28. The normalized spacial score (nSPS) is 14.4. The van der Waals surface area contributed by atoms with E-state index in [0.717, 1.165) is 28.6 Å². The highest BCUT2D eigenvalue weighted by molar-refractivity contribution is 7.99. The Morgan fingerprint density at radius 2 is 2.11 bits per heavy atom. The summed E-state index contributed by atoms with van der Waals surface area (Å²) in [6, 6.07) is 7.88. The molecule has 1 N–H and O–H groups in total. The molecule has 1 amide bonds. The molecule has 1 heterocycles. The first-order valence-corrected chi connectivity index (χ1v) is 7.10. The number of aromatic nitrogens is 2. The van der Waals surface area contributed by atoms with E-state index < -0.39 is 0 Å². The lowest BCUT2D eigenvalue weighted by atomic mass is 10.3. The molecule has 3 rings (SSSR count). The predicted molar refractivity (Wildman–Crippen MR) is 75.1 cm³/mol. The molecule has 1 aliphatic rings. The zero-order chi connectivity index (χ0) is 13.2. The lowest BCUT2D eigenvalue weighted by molar-refractivity contribution is -0.117. The monoisotopic (exact) mass is 273 g/mol. The van der Waals surface area contributed by atoms with Gasteiger partial charge in [0, 0.05) is 35.9 Å². The fraction of sp³-hybridized carbons (Fsp3) is 0.286. The third-order valence-corrected chi connectivity index (χ3v) is 4.14. The van der Waals surface area contributed by atoms with Crippen molar-refractivity contribution in [3.63, 3.8) is 0 Å². The first kappa shape index (κ1) is 12.3. The zero-order valence-electron chi connectivity index (χ0n) is 10.7. The summed E-state index contributed by atoms with van der Waals surface area (Å²) in [5.41, 5.74) is 0.862. The fourth-order valence-corrected chi connectivity index (χ4v) is 2.55. The van der Waals surface area contributed by atoms with Gasteiger partial charge in [-0.1, -0.05) is 11.8 Å². The Bertz CT molecular complexity index is 587. The third-order valence-electron chi connectivity index (χ3n) is 3.06. The molecule has 5 heteroatoms. The van der Waals surface area contributed by atoms with E-state index in [1.807, 2.05) is 42.1 Å². The summed E-state index contributed by atoms with van der Waals surface area (Å²) in [5, 5.41) is 3.89. The topological polar surface area (TPSA) is 46.9 Å². The second-order valence-electron chi connectivity index (χ2n) is 4.71. The summed E-state index contributed by atoms with van der Waals surface area (Å²) in [6.07, 6.45) is 5.76. The van der Waals surface area contributed by atoms with E-state index in [1.165, 1.54) is 0 Å². The molecular weight excluding hydrogens is 258 g/mol. The number of anilines is 1. The number of benzene rings is 1. The second-order valence-corrected chi connectivity index (χ2v) is 5.75. The highest BCUT2D eigenvalue weighted by atomic mass is 32.2. The summed E-state index contributed by atoms with van der Waals surface area (Å²) in [6.45, 7) is 0. The molecule has 98 valence electrons. The minimum atomic E-state index is 0.143. The van der Waals surface area contributed by atoms with Crippen LogP contribution in [0.15, 0.2) is 46.7 Å². The Morgan fingerprint density at radius 1 is 1.37 bits per heavy atom. The highest BCUT2D eigenvalue weighted by Crippen LogP contribution is 2.31. The Kier molecular flexibility index (Phi) is 3.29. The number of nitrogens with one attached hydrogen (secondary N) is 1. The standard InChI is InChI=1S/C14H15N3OS/c1-17-9-8-15-14(17)19-12-6-4-11(5-7-12)16-13(18)10-2-3-10/h4-10H,2-3H2,1H3,(H,16,18). The molecule has 0 atom stereocenters. The van der Waals surface area contributed by atoms with Crippen LogP contribution in [-0.4, -0.2) is 15.5 Å². The number of aryl methyl sites for hydroxylation is 1. The molecule has 4 nitrogen and oxygen atoms in total. The number of amides is 1. The van der Waals surface area contributed by atoms with Crippen molar-refractivity contribution in [2.45, 2.75) is 22.9 Å². The molecule has 0 bridgehead atoms. The van der Waals surface area contributed by atoms with Crippen LogP contribution >= 0.6 is 11.8 Å². The number of carbonyl (C=O) groups is 1. The lowest BCUT2D eigenvalue weighted by Crippen LogP contribution is -2.12. The van der Waals surface area contributed by atoms with Crippen molar-refractivity contribution >= 4 is 23.4 Å². The summed E-state index contributed by atoms with van der Waals surface area (Å²) >= 11 is 1.61. The largest absolute Gasteiger partial charge is 0.329 e. The Hall–Kier alpha value is -1.75. The number of nitrogens with zero attached hydrogens (tertiary/aromatic N) is 2. The van der Waals surface area contributed by atoms with Crippen molar-refractivity contribution in [2.75, 3.05) is 5.32 Å². The van der Waals surface area contributed by atoms with Gasteiger partial charge in [-0.3, -0.25) is 4.79 Å². The smallest absolute Gasteiger partial charge is 0.227 e. The SMILES string of the molecule is Cn1ccnc1Sc1ccc(NC(=O)C2CC2)cc1. The maximum atomic E-state index is 11.6. The number of hydrogen-bond donors (Lipinski definition) is 1. The maximum absolute atomic E-state index is 11.6. The number of hydrogen-bond acceptors (Lipinski definition) is 3. The van der Waals surface area contributed by atoms with Gasteiger partial charge in [0.2, 0.25) is 5.91 Å². The van der Waals surface area contributed by atoms with Gasteiger partial charge >= 0.3 is 0 Å². The highest BCUT2D eigenvalue weighted by Gasteiger charge is 2.29. The molecule has 0 unspecified atom stereocenters. The summed E-state index contributed by atoms with van der Waals surface area (Å²) < 4.78 is 1.98. The van der Waals surface area contributed by atoms with Crippen LogP contribution < -0.4 is 5.32 Å². The molecule has 0 saturated heterocycles. The average Bonchev–Trinajstić information content (AvgIpc) is 3.18. The van der Waals surface area contributed by atoms with Gasteiger partial charge in [0.25, 0.3) is 0 Å². The van der Waals surface area contributed by atoms with Crippen molar-refractivity contribution in [2.24, 2.45) is 13.0 Å². The minimum Gasteiger partial charge on any atom is -0.329 e. The average molecular weight is 273 g/mol. The van der Waals surface area contributed by atoms with Crippen LogP contribution in [0.1, 0.15) is 12.8 Å². The van der Waals surface area contributed by atoms with Crippen molar-refractivity contribution < 1.29 is 4.79 Å². The Balaban J connectivity index is 1.65. The van der Waals surface area contributed by atoms with E-state index >= 15 is 0 Å². The van der Waals surface area contributed by atoms with Crippen LogP contribution in [0, 0.1) is 5.92 Å². The van der Waals surface area contributed by atoms with Gasteiger partial charge in [-0.15, -0.1) is 0 Å². The third kappa shape index (κ3) is 2.98. The van der Waals surface area contributed by atoms with Gasteiger partial charge < -0.3 is 9.88 Å². The van der Waals surface area contributed by atoms with Crippen molar-refractivity contribution in [1.82, 2.24) is 9.55 Å². The number of imidazole rings is 1. The molecule has 1 aliphatic carbocycles. The minimum absolute atomic E-state index is 0.143. The summed E-state index contributed by atoms with van der Waals surface area (Å²) in [4.78, 5) is 17.0. The molecule has 1 fully saturated rings. The van der Waals surface area contributed by atoms with E-state index in [4.69, 9.17) is 0 Å². The van der Waals surface area contributed by atoms with Crippen molar-refractivity contribution in [3.05, 3.63) is 36.7 Å². The summed E-state index contributed by atoms with van der Waals surface area (Å²) in [5.74, 6) is 0.381. The van der Waals surface area contributed by atoms with Gasteiger partial charge in [0.1, 0.15) is 0 Å². The molecule has 0 radical (unpaired) electrons. The van der Waals surface area contributed by atoms with Crippen LogP contribution in [0.25, 0.3) is 0 Å². The van der Waals surface area contributed by atoms with E-state index in [9.17, 15) is 4.79 Å². The molecule has 1 aromatic heterocycles. The first-order chi connectivity index (χ1) is 9.22. The number of rotatable bonds is 4. The molecule has 0 spiro atoms. The molecule has 1 saturated carbocycles. The maximum Gasteiger partial charge on any atom is 0.227 e. The summed E-state index contributed by atoms with van der Waals surface area (Å²) in [7, 11) is 1.97. The van der Waals surface area contributed by atoms with E-state index in [0.29, 0.717) is 0 Å². The quantitative estimate of drug-likeness (QED) is 0.931. The number of carbonyl (C=O) groups excluding carboxylic acids is 1. The fourth-order valence-electron chi connectivity index (χ4n) is 1.75. The van der Waals surface area contributed by atoms with Gasteiger partial charge in [-0.2, -0.15) is 0 Å². The van der Waals surface area contributed by atoms with Crippen LogP contribution in [-0.2, 0) is 11.8 Å². The molecular formula is C14H15N3OS. The van der Waals surface area contributed by atoms with Gasteiger partial charge in [-0.05, 0) is 37.1 Å². The molecule has 0 aliphatic heterocycles. The van der Waals surface area contributed by atoms with E-state index in [1.54, 1.807) is 18.0 Å². The second kappa shape index (κ2) is 5.09. The van der Waals surface area contributed by atoms with E-state index in [-0.39, 0.29) is 11.8 Å². The van der Waals surface area contributed by atoms with Gasteiger partial charge in [0.05, 0.1) is 0 Å². The Labute approximate surface area is 116 Å². The Morgan fingerprint density at radius 3 is 2.68 bits per heavy atom.